The van der Waals surface area contributed by atoms with Crippen molar-refractivity contribution in [2.24, 2.45) is 5.92 Å². The lowest BCUT2D eigenvalue weighted by molar-refractivity contribution is 0.110. The van der Waals surface area contributed by atoms with Gasteiger partial charge in [0.1, 0.15) is 0 Å². The van der Waals surface area contributed by atoms with Crippen LogP contribution in [0.25, 0.3) is 0 Å². The monoisotopic (exact) mass is 224 g/mol. The molecule has 1 rings (SSSR count). The zero-order chi connectivity index (χ0) is 12.0. The predicted molar refractivity (Wildman–Crippen MR) is 63.8 cm³/mol. The standard InChI is InChI=1S/C13H20O3/c1-10(2)6-7-16-9-11-4-5-12(14)13(8-11)15-3/h4-5,8,10,14H,6-7,9H2,1-3H3. The van der Waals surface area contributed by atoms with E-state index in [1.54, 1.807) is 19.2 Å². The Hall–Kier alpha value is -1.22. The molecule has 0 saturated carbocycles. The Kier molecular flexibility index (Phi) is 5.12. The molecule has 1 aromatic rings. The Balaban J connectivity index is 2.42. The van der Waals surface area contributed by atoms with Crippen LogP contribution in [0.5, 0.6) is 11.5 Å². The van der Waals surface area contributed by atoms with Crippen LogP contribution in [0.15, 0.2) is 18.2 Å². The molecule has 0 radical (unpaired) electrons. The number of rotatable bonds is 6. The fourth-order valence-electron chi connectivity index (χ4n) is 1.32. The van der Waals surface area contributed by atoms with Crippen LogP contribution in [0.3, 0.4) is 0 Å². The lowest BCUT2D eigenvalue weighted by atomic mass is 10.1. The van der Waals surface area contributed by atoms with Gasteiger partial charge >= 0.3 is 0 Å². The number of phenols is 1. The highest BCUT2D eigenvalue weighted by atomic mass is 16.5. The first kappa shape index (κ1) is 12.8. The molecule has 0 aromatic heterocycles. The van der Waals surface area contributed by atoms with Gasteiger partial charge in [-0.25, -0.2) is 0 Å². The van der Waals surface area contributed by atoms with Gasteiger partial charge in [-0.15, -0.1) is 0 Å². The summed E-state index contributed by atoms with van der Waals surface area (Å²) in [6, 6.07) is 5.26. The van der Waals surface area contributed by atoms with Crippen molar-refractivity contribution >= 4 is 0 Å². The Labute approximate surface area is 97.0 Å². The number of methoxy groups -OCH3 is 1. The van der Waals surface area contributed by atoms with Crippen LogP contribution in [0.4, 0.5) is 0 Å². The molecule has 16 heavy (non-hydrogen) atoms. The van der Waals surface area contributed by atoms with E-state index in [0.717, 1.165) is 18.6 Å². The number of hydrogen-bond acceptors (Lipinski definition) is 3. The van der Waals surface area contributed by atoms with Crippen LogP contribution in [0, 0.1) is 5.92 Å². The van der Waals surface area contributed by atoms with Crippen molar-refractivity contribution in [2.75, 3.05) is 13.7 Å². The molecule has 3 heteroatoms. The minimum absolute atomic E-state index is 0.161. The van der Waals surface area contributed by atoms with Crippen molar-refractivity contribution in [3.63, 3.8) is 0 Å². The maximum Gasteiger partial charge on any atom is 0.160 e. The van der Waals surface area contributed by atoms with Crippen LogP contribution in [0.1, 0.15) is 25.8 Å². The van der Waals surface area contributed by atoms with Crippen molar-refractivity contribution in [1.29, 1.82) is 0 Å². The Morgan fingerprint density at radius 2 is 2.06 bits per heavy atom. The number of phenolic OH excluding ortho intramolecular Hbond substituents is 1. The SMILES string of the molecule is COc1cc(COCCC(C)C)ccc1O. The molecule has 0 spiro atoms. The second-order valence-electron chi connectivity index (χ2n) is 4.24. The smallest absolute Gasteiger partial charge is 0.160 e. The van der Waals surface area contributed by atoms with E-state index in [1.807, 2.05) is 6.07 Å². The molecule has 1 aromatic carbocycles. The van der Waals surface area contributed by atoms with E-state index >= 15 is 0 Å². The summed E-state index contributed by atoms with van der Waals surface area (Å²) >= 11 is 0. The van der Waals surface area contributed by atoms with Gasteiger partial charge in [-0.05, 0) is 30.0 Å². The zero-order valence-electron chi connectivity index (χ0n) is 10.2. The minimum Gasteiger partial charge on any atom is -0.504 e. The van der Waals surface area contributed by atoms with E-state index in [0.29, 0.717) is 18.3 Å². The Morgan fingerprint density at radius 1 is 1.31 bits per heavy atom. The topological polar surface area (TPSA) is 38.7 Å². The maximum absolute atomic E-state index is 9.41. The molecule has 0 atom stereocenters. The minimum atomic E-state index is 0.161. The molecule has 3 nitrogen and oxygen atoms in total. The van der Waals surface area contributed by atoms with Gasteiger partial charge in [0.25, 0.3) is 0 Å². The highest BCUT2D eigenvalue weighted by Crippen LogP contribution is 2.26. The van der Waals surface area contributed by atoms with Gasteiger partial charge in [0.05, 0.1) is 13.7 Å². The molecule has 0 aliphatic rings. The van der Waals surface area contributed by atoms with E-state index in [1.165, 1.54) is 0 Å². The molecule has 90 valence electrons. The van der Waals surface area contributed by atoms with Crippen LogP contribution >= 0.6 is 0 Å². The van der Waals surface area contributed by atoms with Crippen molar-refractivity contribution in [2.45, 2.75) is 26.9 Å². The average molecular weight is 224 g/mol. The molecule has 0 bridgehead atoms. The average Bonchev–Trinajstić information content (AvgIpc) is 2.26. The van der Waals surface area contributed by atoms with Crippen LogP contribution in [-0.4, -0.2) is 18.8 Å². The molecule has 0 saturated heterocycles. The number of ether oxygens (including phenoxy) is 2. The molecule has 0 amide bonds. The summed E-state index contributed by atoms with van der Waals surface area (Å²) in [5.74, 6) is 1.31. The van der Waals surface area contributed by atoms with Gasteiger partial charge in [0, 0.05) is 6.61 Å². The number of benzene rings is 1. The highest BCUT2D eigenvalue weighted by molar-refractivity contribution is 5.41. The third kappa shape index (κ3) is 4.11. The maximum atomic E-state index is 9.41. The summed E-state index contributed by atoms with van der Waals surface area (Å²) in [6.07, 6.45) is 1.06. The summed E-state index contributed by atoms with van der Waals surface area (Å²) in [5.41, 5.74) is 1.01. The summed E-state index contributed by atoms with van der Waals surface area (Å²) in [7, 11) is 1.54. The van der Waals surface area contributed by atoms with E-state index in [2.05, 4.69) is 13.8 Å². The lowest BCUT2D eigenvalue weighted by Crippen LogP contribution is -1.99. The summed E-state index contributed by atoms with van der Waals surface area (Å²) in [6.45, 7) is 5.67. The molecule has 0 unspecified atom stereocenters. The van der Waals surface area contributed by atoms with Crippen molar-refractivity contribution in [3.8, 4) is 11.5 Å². The van der Waals surface area contributed by atoms with Gasteiger partial charge in [0.2, 0.25) is 0 Å². The fourth-order valence-corrected chi connectivity index (χ4v) is 1.32. The fraction of sp³-hybridized carbons (Fsp3) is 0.538. The second-order valence-corrected chi connectivity index (χ2v) is 4.24. The molecular weight excluding hydrogens is 204 g/mol. The molecule has 0 aliphatic heterocycles. The normalized spacial score (nSPS) is 10.8. The quantitative estimate of drug-likeness (QED) is 0.755. The van der Waals surface area contributed by atoms with E-state index in [4.69, 9.17) is 9.47 Å². The number of aromatic hydroxyl groups is 1. The predicted octanol–water partition coefficient (Wildman–Crippen LogP) is 2.96. The summed E-state index contributed by atoms with van der Waals surface area (Å²) in [4.78, 5) is 0. The van der Waals surface area contributed by atoms with Crippen molar-refractivity contribution in [3.05, 3.63) is 23.8 Å². The van der Waals surface area contributed by atoms with Gasteiger partial charge < -0.3 is 14.6 Å². The Bertz CT molecular complexity index is 321. The molecule has 1 N–H and O–H groups in total. The van der Waals surface area contributed by atoms with Crippen LogP contribution in [-0.2, 0) is 11.3 Å². The molecule has 0 fully saturated rings. The molecule has 0 aliphatic carbocycles. The first-order valence-electron chi connectivity index (χ1n) is 5.57. The zero-order valence-corrected chi connectivity index (χ0v) is 10.2. The third-order valence-corrected chi connectivity index (χ3v) is 2.35. The highest BCUT2D eigenvalue weighted by Gasteiger charge is 2.02. The first-order valence-corrected chi connectivity index (χ1v) is 5.57. The summed E-state index contributed by atoms with van der Waals surface area (Å²) in [5, 5.41) is 9.41. The van der Waals surface area contributed by atoms with Gasteiger partial charge in [-0.2, -0.15) is 0 Å². The van der Waals surface area contributed by atoms with E-state index in [9.17, 15) is 5.11 Å². The second kappa shape index (κ2) is 6.38. The third-order valence-electron chi connectivity index (χ3n) is 2.35. The van der Waals surface area contributed by atoms with Crippen LogP contribution in [0.2, 0.25) is 0 Å². The van der Waals surface area contributed by atoms with Gasteiger partial charge in [-0.1, -0.05) is 19.9 Å². The van der Waals surface area contributed by atoms with Gasteiger partial charge in [-0.3, -0.25) is 0 Å². The first-order chi connectivity index (χ1) is 7.63. The lowest BCUT2D eigenvalue weighted by Gasteiger charge is -2.08. The Morgan fingerprint density at radius 3 is 2.69 bits per heavy atom. The molecular formula is C13H20O3. The van der Waals surface area contributed by atoms with Crippen molar-refractivity contribution in [1.82, 2.24) is 0 Å². The van der Waals surface area contributed by atoms with Crippen molar-refractivity contribution < 1.29 is 14.6 Å². The summed E-state index contributed by atoms with van der Waals surface area (Å²) < 4.78 is 10.6. The van der Waals surface area contributed by atoms with E-state index < -0.39 is 0 Å². The molecule has 0 heterocycles. The number of hydrogen-bond donors (Lipinski definition) is 1. The van der Waals surface area contributed by atoms with E-state index in [-0.39, 0.29) is 5.75 Å². The van der Waals surface area contributed by atoms with Crippen LogP contribution < -0.4 is 4.74 Å². The van der Waals surface area contributed by atoms with Gasteiger partial charge in [0.15, 0.2) is 11.5 Å². The largest absolute Gasteiger partial charge is 0.504 e.